The maximum atomic E-state index is 4.52. The number of rotatable bonds is 1. The van der Waals surface area contributed by atoms with E-state index in [0.29, 0.717) is 0 Å². The zero-order chi connectivity index (χ0) is 24.8. The minimum absolute atomic E-state index is 1.03. The Morgan fingerprint density at radius 3 is 1.92 bits per heavy atom. The van der Waals surface area contributed by atoms with Gasteiger partial charge in [-0.3, -0.25) is 0 Å². The smallest absolute Gasteiger partial charge is 0.127 e. The van der Waals surface area contributed by atoms with Crippen molar-refractivity contribution in [3.8, 4) is 5.69 Å². The average molecular weight is 502 g/mol. The van der Waals surface area contributed by atoms with Crippen LogP contribution in [0.1, 0.15) is 0 Å². The molecule has 176 valence electrons. The Bertz CT molecular complexity index is 2380. The highest BCUT2D eigenvalue weighted by Crippen LogP contribution is 2.41. The van der Waals surface area contributed by atoms with Gasteiger partial charge >= 0.3 is 0 Å². The van der Waals surface area contributed by atoms with Crippen LogP contribution in [0.25, 0.3) is 80.1 Å². The predicted molar refractivity (Wildman–Crippen MR) is 162 cm³/mol. The molecular weight excluding hydrogens is 482 g/mol. The van der Waals surface area contributed by atoms with E-state index in [1.165, 1.54) is 69.9 Å². The van der Waals surface area contributed by atoms with Crippen LogP contribution < -0.4 is 0 Å². The lowest BCUT2D eigenvalue weighted by Crippen LogP contribution is -1.94. The third-order valence-electron chi connectivity index (χ3n) is 7.93. The molecule has 0 N–H and O–H groups in total. The van der Waals surface area contributed by atoms with Gasteiger partial charge in [-0.15, -0.1) is 11.3 Å². The zero-order valence-corrected chi connectivity index (χ0v) is 21.0. The molecule has 4 heteroatoms. The maximum absolute atomic E-state index is 4.52. The highest BCUT2D eigenvalue weighted by atomic mass is 32.1. The Morgan fingerprint density at radius 1 is 0.500 bits per heavy atom. The van der Waals surface area contributed by atoms with Crippen LogP contribution in [-0.4, -0.2) is 14.5 Å². The van der Waals surface area contributed by atoms with Crippen molar-refractivity contribution in [2.24, 2.45) is 0 Å². The maximum Gasteiger partial charge on any atom is 0.127 e. The normalized spacial score (nSPS) is 12.2. The molecule has 0 aliphatic heterocycles. The van der Waals surface area contributed by atoms with Crippen LogP contribution in [0, 0.1) is 0 Å². The van der Waals surface area contributed by atoms with Gasteiger partial charge in [0.2, 0.25) is 0 Å². The molecule has 3 aromatic heterocycles. The Kier molecular flexibility index (Phi) is 3.93. The van der Waals surface area contributed by atoms with E-state index in [1.54, 1.807) is 17.7 Å². The van der Waals surface area contributed by atoms with Crippen LogP contribution in [0.15, 0.2) is 116 Å². The molecule has 0 radical (unpaired) electrons. The van der Waals surface area contributed by atoms with E-state index in [1.807, 2.05) is 6.20 Å². The van der Waals surface area contributed by atoms with Crippen molar-refractivity contribution in [2.75, 3.05) is 0 Å². The molecule has 0 spiro atoms. The molecule has 9 rings (SSSR count). The minimum atomic E-state index is 1.03. The van der Waals surface area contributed by atoms with E-state index in [-0.39, 0.29) is 0 Å². The number of hydrogen-bond donors (Lipinski definition) is 0. The van der Waals surface area contributed by atoms with Crippen LogP contribution in [0.5, 0.6) is 0 Å². The number of aromatic nitrogens is 3. The summed E-state index contributed by atoms with van der Waals surface area (Å²) < 4.78 is 3.66. The summed E-state index contributed by atoms with van der Waals surface area (Å²) >= 11 is 1.73. The van der Waals surface area contributed by atoms with Crippen LogP contribution in [0.2, 0.25) is 0 Å². The topological polar surface area (TPSA) is 30.7 Å². The Labute approximate surface area is 221 Å². The Balaban J connectivity index is 1.44. The van der Waals surface area contributed by atoms with E-state index in [9.17, 15) is 0 Å². The molecule has 0 aliphatic rings. The first-order chi connectivity index (χ1) is 18.8. The first kappa shape index (κ1) is 20.3. The third kappa shape index (κ3) is 2.62. The summed E-state index contributed by atoms with van der Waals surface area (Å²) in [5, 5.41) is 12.6. The first-order valence-corrected chi connectivity index (χ1v) is 13.6. The fraction of sp³-hybridized carbons (Fsp3) is 0. The summed E-state index contributed by atoms with van der Waals surface area (Å²) in [6, 6.07) is 37.8. The standard InChI is InChI=1S/C34H19N3S/c1-2-9-23-21(7-1)22-8-3-4-10-24(22)27-15-20(13-14-25(23)27)37-31-12-6-5-11-26(31)28-17-33-29(16-32(28)37)30-18-35-19-36-34(30)38-33/h1-19H. The summed E-state index contributed by atoms with van der Waals surface area (Å²) in [5.74, 6) is 0. The van der Waals surface area contributed by atoms with Crippen LogP contribution in [0.3, 0.4) is 0 Å². The summed E-state index contributed by atoms with van der Waals surface area (Å²) in [7, 11) is 0. The van der Waals surface area contributed by atoms with E-state index in [2.05, 4.69) is 118 Å². The van der Waals surface area contributed by atoms with E-state index in [0.717, 1.165) is 10.2 Å². The molecule has 6 aromatic carbocycles. The second-order valence-electron chi connectivity index (χ2n) is 9.88. The van der Waals surface area contributed by atoms with Crippen molar-refractivity contribution >= 4 is 85.8 Å². The van der Waals surface area contributed by atoms with Crippen molar-refractivity contribution in [3.05, 3.63) is 116 Å². The molecule has 0 aliphatic carbocycles. The van der Waals surface area contributed by atoms with Crippen LogP contribution >= 0.6 is 11.3 Å². The monoisotopic (exact) mass is 501 g/mol. The molecule has 3 nitrogen and oxygen atoms in total. The molecule has 0 saturated heterocycles. The molecular formula is C34H19N3S. The average Bonchev–Trinajstić information content (AvgIpc) is 3.51. The number of thiophene rings is 1. The summed E-state index contributed by atoms with van der Waals surface area (Å²) in [4.78, 5) is 9.87. The lowest BCUT2D eigenvalue weighted by Gasteiger charge is -2.13. The summed E-state index contributed by atoms with van der Waals surface area (Å²) in [6.07, 6.45) is 3.57. The molecule has 9 aromatic rings. The molecule has 0 fully saturated rings. The molecule has 0 saturated carbocycles. The lowest BCUT2D eigenvalue weighted by molar-refractivity contribution is 1.19. The number of para-hydroxylation sites is 1. The van der Waals surface area contributed by atoms with Gasteiger partial charge in [-0.1, -0.05) is 72.8 Å². The fourth-order valence-electron chi connectivity index (χ4n) is 6.29. The molecule has 38 heavy (non-hydrogen) atoms. The quantitative estimate of drug-likeness (QED) is 0.210. The zero-order valence-electron chi connectivity index (χ0n) is 20.2. The van der Waals surface area contributed by atoms with Gasteiger partial charge in [0.15, 0.2) is 0 Å². The van der Waals surface area contributed by atoms with E-state index < -0.39 is 0 Å². The molecule has 0 bridgehead atoms. The lowest BCUT2D eigenvalue weighted by atomic mass is 9.94. The number of fused-ring (bicyclic) bond motifs is 12. The Morgan fingerprint density at radius 2 is 1.16 bits per heavy atom. The number of hydrogen-bond acceptors (Lipinski definition) is 3. The van der Waals surface area contributed by atoms with Crippen molar-refractivity contribution in [2.45, 2.75) is 0 Å². The first-order valence-electron chi connectivity index (χ1n) is 12.7. The third-order valence-corrected chi connectivity index (χ3v) is 9.01. The van der Waals surface area contributed by atoms with Crippen LogP contribution in [0.4, 0.5) is 0 Å². The van der Waals surface area contributed by atoms with Crippen LogP contribution in [-0.2, 0) is 0 Å². The van der Waals surface area contributed by atoms with Gasteiger partial charge < -0.3 is 4.57 Å². The van der Waals surface area contributed by atoms with Gasteiger partial charge in [0.25, 0.3) is 0 Å². The van der Waals surface area contributed by atoms with Gasteiger partial charge in [0, 0.05) is 38.1 Å². The molecule has 0 amide bonds. The van der Waals surface area contributed by atoms with Crippen molar-refractivity contribution < 1.29 is 0 Å². The van der Waals surface area contributed by atoms with Gasteiger partial charge in [-0.25, -0.2) is 9.97 Å². The van der Waals surface area contributed by atoms with Gasteiger partial charge in [0.1, 0.15) is 11.2 Å². The minimum Gasteiger partial charge on any atom is -0.309 e. The molecule has 0 atom stereocenters. The highest BCUT2D eigenvalue weighted by molar-refractivity contribution is 7.25. The second-order valence-corrected chi connectivity index (χ2v) is 10.9. The summed E-state index contributed by atoms with van der Waals surface area (Å²) in [6.45, 7) is 0. The molecule has 3 heterocycles. The number of nitrogens with zero attached hydrogens (tertiary/aromatic N) is 3. The van der Waals surface area contributed by atoms with Gasteiger partial charge in [-0.05, 0) is 62.6 Å². The SMILES string of the molecule is c1ccc2c(c1)c1ccccc1c1cc(-n3c4ccccc4c4cc5sc6ncncc6c5cc43)ccc21. The van der Waals surface area contributed by atoms with Gasteiger partial charge in [0.05, 0.1) is 11.0 Å². The van der Waals surface area contributed by atoms with Crippen molar-refractivity contribution in [1.29, 1.82) is 0 Å². The second kappa shape index (κ2) is 7.37. The van der Waals surface area contributed by atoms with E-state index in [4.69, 9.17) is 0 Å². The largest absolute Gasteiger partial charge is 0.309 e. The Hall–Kier alpha value is -4.80. The molecule has 0 unspecified atom stereocenters. The van der Waals surface area contributed by atoms with Gasteiger partial charge in [-0.2, -0.15) is 0 Å². The van der Waals surface area contributed by atoms with Crippen molar-refractivity contribution in [1.82, 2.24) is 14.5 Å². The predicted octanol–water partition coefficient (Wildman–Crippen LogP) is 9.40. The van der Waals surface area contributed by atoms with E-state index >= 15 is 0 Å². The highest BCUT2D eigenvalue weighted by Gasteiger charge is 2.17. The summed E-state index contributed by atoms with van der Waals surface area (Å²) in [5.41, 5.74) is 3.58. The fourth-order valence-corrected chi connectivity index (χ4v) is 7.33. The van der Waals surface area contributed by atoms with Crippen molar-refractivity contribution in [3.63, 3.8) is 0 Å². The number of benzene rings is 6.